The molecule has 0 aliphatic rings. The zero-order chi connectivity index (χ0) is 27.4. The van der Waals surface area contributed by atoms with Gasteiger partial charge in [0.25, 0.3) is 0 Å². The third-order valence-electron chi connectivity index (χ3n) is 5.94. The molecule has 0 saturated heterocycles. The third kappa shape index (κ3) is 5.23. The summed E-state index contributed by atoms with van der Waals surface area (Å²) in [6.45, 7) is 2.86. The average molecular weight is 547 g/mol. The van der Waals surface area contributed by atoms with Gasteiger partial charge in [0.05, 0.1) is 27.9 Å². The molecule has 10 nitrogen and oxygen atoms in total. The highest BCUT2D eigenvalue weighted by atomic mass is 35.5. The van der Waals surface area contributed by atoms with E-state index in [1.54, 1.807) is 27.4 Å². The fraction of sp³-hybridized carbons (Fsp3) is 0.214. The standard InChI is InChI=1S/C28H27ClN6O4/c1-5-39-22-11-6-8-19(31-22)27-34-26-28(35(27)23-20(37-3)9-7-10-21(23)38-4)33-25(24(29)32-26)30-16-17-12-14-18(36-2)15-13-17/h6-15H,5,16H2,1-4H3,(H,30,33). The zero-order valence-electron chi connectivity index (χ0n) is 21.9. The largest absolute Gasteiger partial charge is 0.497 e. The van der Waals surface area contributed by atoms with Crippen molar-refractivity contribution >= 4 is 28.7 Å². The number of pyridine rings is 1. The van der Waals surface area contributed by atoms with E-state index in [1.165, 1.54) is 0 Å². The smallest absolute Gasteiger partial charge is 0.213 e. The van der Waals surface area contributed by atoms with E-state index in [1.807, 2.05) is 66.1 Å². The van der Waals surface area contributed by atoms with E-state index < -0.39 is 0 Å². The number of halogens is 1. The molecule has 200 valence electrons. The van der Waals surface area contributed by atoms with Crippen LogP contribution in [0.15, 0.2) is 60.7 Å². The van der Waals surface area contributed by atoms with E-state index in [2.05, 4.69) is 15.3 Å². The number of imidazole rings is 1. The molecule has 0 unspecified atom stereocenters. The number of aromatic nitrogens is 5. The number of nitrogens with zero attached hydrogens (tertiary/aromatic N) is 5. The van der Waals surface area contributed by atoms with Gasteiger partial charge < -0.3 is 24.3 Å². The molecular formula is C28H27ClN6O4. The summed E-state index contributed by atoms with van der Waals surface area (Å²) in [5.74, 6) is 3.24. The number of hydrogen-bond donors (Lipinski definition) is 1. The van der Waals surface area contributed by atoms with Gasteiger partial charge in [-0.15, -0.1) is 0 Å². The first kappa shape index (κ1) is 26.1. The van der Waals surface area contributed by atoms with Gasteiger partial charge in [-0.25, -0.2) is 19.9 Å². The molecule has 3 heterocycles. The molecule has 0 aliphatic heterocycles. The number of rotatable bonds is 10. The second kappa shape index (κ2) is 11.4. The number of methoxy groups -OCH3 is 3. The van der Waals surface area contributed by atoms with Gasteiger partial charge in [0.2, 0.25) is 5.88 Å². The minimum atomic E-state index is 0.190. The topological polar surface area (TPSA) is 105 Å². The maximum Gasteiger partial charge on any atom is 0.213 e. The Hall–Kier alpha value is -4.57. The molecule has 11 heteroatoms. The van der Waals surface area contributed by atoms with E-state index in [0.717, 1.165) is 11.3 Å². The Kier molecular flexibility index (Phi) is 7.64. The molecule has 0 radical (unpaired) electrons. The van der Waals surface area contributed by atoms with Gasteiger partial charge in [0.15, 0.2) is 28.1 Å². The van der Waals surface area contributed by atoms with E-state index in [-0.39, 0.29) is 5.15 Å². The van der Waals surface area contributed by atoms with Crippen LogP contribution in [0.1, 0.15) is 12.5 Å². The molecule has 39 heavy (non-hydrogen) atoms. The fourth-order valence-corrected chi connectivity index (χ4v) is 4.31. The van der Waals surface area contributed by atoms with Gasteiger partial charge in [-0.3, -0.25) is 4.57 Å². The van der Waals surface area contributed by atoms with E-state index >= 15 is 0 Å². The highest BCUT2D eigenvalue weighted by Gasteiger charge is 2.25. The van der Waals surface area contributed by atoms with Gasteiger partial charge in [0.1, 0.15) is 28.6 Å². The molecule has 2 aromatic carbocycles. The lowest BCUT2D eigenvalue weighted by Crippen LogP contribution is -2.07. The van der Waals surface area contributed by atoms with Crippen molar-refractivity contribution in [3.63, 3.8) is 0 Å². The molecule has 0 saturated carbocycles. The zero-order valence-corrected chi connectivity index (χ0v) is 22.7. The van der Waals surface area contributed by atoms with Crippen molar-refractivity contribution in [3.05, 3.63) is 71.4 Å². The Balaban J connectivity index is 1.68. The number of benzene rings is 2. The van der Waals surface area contributed by atoms with Gasteiger partial charge >= 0.3 is 0 Å². The van der Waals surface area contributed by atoms with Gasteiger partial charge in [-0.1, -0.05) is 35.9 Å². The first-order valence-electron chi connectivity index (χ1n) is 12.2. The molecule has 5 aromatic rings. The van der Waals surface area contributed by atoms with Gasteiger partial charge in [-0.2, -0.15) is 0 Å². The van der Waals surface area contributed by atoms with Crippen molar-refractivity contribution in [3.8, 4) is 40.3 Å². The number of nitrogens with one attached hydrogen (secondary N) is 1. The van der Waals surface area contributed by atoms with Crippen molar-refractivity contribution in [2.75, 3.05) is 33.3 Å². The summed E-state index contributed by atoms with van der Waals surface area (Å²) in [6, 6.07) is 18.7. The summed E-state index contributed by atoms with van der Waals surface area (Å²) in [6.07, 6.45) is 0. The first-order chi connectivity index (χ1) is 19.1. The lowest BCUT2D eigenvalue weighted by Gasteiger charge is -2.16. The van der Waals surface area contributed by atoms with E-state index in [9.17, 15) is 0 Å². The van der Waals surface area contributed by atoms with Crippen LogP contribution in [0.5, 0.6) is 23.1 Å². The first-order valence-corrected chi connectivity index (χ1v) is 12.6. The average Bonchev–Trinajstić information content (AvgIpc) is 3.33. The predicted octanol–water partition coefficient (Wildman–Crippen LogP) is 5.57. The van der Waals surface area contributed by atoms with Gasteiger partial charge in [-0.05, 0) is 42.8 Å². The van der Waals surface area contributed by atoms with Crippen LogP contribution >= 0.6 is 11.6 Å². The molecule has 0 amide bonds. The predicted molar refractivity (Wildman–Crippen MR) is 149 cm³/mol. The Labute approximate surface area is 230 Å². The fourth-order valence-electron chi connectivity index (χ4n) is 4.12. The van der Waals surface area contributed by atoms with E-state index in [0.29, 0.717) is 64.8 Å². The number of anilines is 1. The minimum absolute atomic E-state index is 0.190. The monoisotopic (exact) mass is 546 g/mol. The second-order valence-electron chi connectivity index (χ2n) is 8.29. The van der Waals surface area contributed by atoms with Crippen LogP contribution in [0.3, 0.4) is 0 Å². The number of para-hydroxylation sites is 1. The maximum absolute atomic E-state index is 6.56. The number of fused-ring (bicyclic) bond motifs is 1. The van der Waals surface area contributed by atoms with Crippen molar-refractivity contribution < 1.29 is 18.9 Å². The third-order valence-corrected chi connectivity index (χ3v) is 6.21. The Bertz CT molecular complexity index is 1580. The van der Waals surface area contributed by atoms with Crippen LogP contribution in [0, 0.1) is 0 Å². The van der Waals surface area contributed by atoms with Crippen molar-refractivity contribution in [2.24, 2.45) is 0 Å². The summed E-state index contributed by atoms with van der Waals surface area (Å²) in [7, 11) is 4.82. The number of hydrogen-bond acceptors (Lipinski definition) is 9. The molecule has 1 N–H and O–H groups in total. The summed E-state index contributed by atoms with van der Waals surface area (Å²) >= 11 is 6.56. The minimum Gasteiger partial charge on any atom is -0.497 e. The molecule has 3 aromatic heterocycles. The molecular weight excluding hydrogens is 520 g/mol. The Morgan fingerprint density at radius 1 is 0.821 bits per heavy atom. The van der Waals surface area contributed by atoms with Crippen LogP contribution in [0.25, 0.3) is 28.5 Å². The summed E-state index contributed by atoms with van der Waals surface area (Å²) < 4.78 is 24.1. The molecule has 0 fully saturated rings. The quantitative estimate of drug-likeness (QED) is 0.241. The van der Waals surface area contributed by atoms with Crippen molar-refractivity contribution in [2.45, 2.75) is 13.5 Å². The van der Waals surface area contributed by atoms with Crippen LogP contribution in [0.4, 0.5) is 5.82 Å². The van der Waals surface area contributed by atoms with Crippen molar-refractivity contribution in [1.29, 1.82) is 0 Å². The highest BCUT2D eigenvalue weighted by molar-refractivity contribution is 6.32. The second-order valence-corrected chi connectivity index (χ2v) is 8.65. The molecule has 0 aliphatic carbocycles. The van der Waals surface area contributed by atoms with Crippen LogP contribution in [0.2, 0.25) is 5.15 Å². The SMILES string of the molecule is CCOc1cccc(-c2nc3nc(Cl)c(NCc4ccc(OC)cc4)nc3n2-c2c(OC)cccc2OC)n1. The van der Waals surface area contributed by atoms with Gasteiger partial charge in [0, 0.05) is 12.6 Å². The molecule has 0 spiro atoms. The lowest BCUT2D eigenvalue weighted by atomic mass is 10.2. The summed E-state index contributed by atoms with van der Waals surface area (Å²) in [4.78, 5) is 18.9. The van der Waals surface area contributed by atoms with Crippen molar-refractivity contribution in [1.82, 2.24) is 24.5 Å². The lowest BCUT2D eigenvalue weighted by molar-refractivity contribution is 0.327. The van der Waals surface area contributed by atoms with E-state index in [4.69, 9.17) is 40.5 Å². The van der Waals surface area contributed by atoms with Crippen LogP contribution in [-0.2, 0) is 6.54 Å². The highest BCUT2D eigenvalue weighted by Crippen LogP contribution is 2.38. The molecule has 0 atom stereocenters. The maximum atomic E-state index is 6.56. The van der Waals surface area contributed by atoms with Crippen LogP contribution in [-0.4, -0.2) is 52.4 Å². The molecule has 0 bridgehead atoms. The number of ether oxygens (including phenoxy) is 4. The van der Waals surface area contributed by atoms with Crippen LogP contribution < -0.4 is 24.3 Å². The Morgan fingerprint density at radius 2 is 1.54 bits per heavy atom. The summed E-state index contributed by atoms with van der Waals surface area (Å²) in [5.41, 5.74) is 2.95. The normalized spacial score (nSPS) is 10.9. The Morgan fingerprint density at radius 3 is 2.21 bits per heavy atom. The molecule has 5 rings (SSSR count). The summed E-state index contributed by atoms with van der Waals surface area (Å²) in [5, 5.41) is 3.47.